The molecule has 1 aliphatic rings. The van der Waals surface area contributed by atoms with Gasteiger partial charge in [-0.2, -0.15) is 13.2 Å². The predicted octanol–water partition coefficient (Wildman–Crippen LogP) is 4.82. The van der Waals surface area contributed by atoms with Crippen molar-refractivity contribution in [2.75, 3.05) is 31.1 Å². The van der Waals surface area contributed by atoms with Gasteiger partial charge in [0.1, 0.15) is 5.60 Å². The summed E-state index contributed by atoms with van der Waals surface area (Å²) in [5, 5.41) is 0. The molecule has 2 heterocycles. The van der Waals surface area contributed by atoms with Crippen molar-refractivity contribution >= 4 is 11.8 Å². The number of carbonyl (C=O) groups is 1. The Morgan fingerprint density at radius 3 is 2.17 bits per heavy atom. The number of hydrogen-bond acceptors (Lipinski definition) is 4. The molecule has 3 rings (SSSR count). The number of ether oxygens (including phenoxy) is 1. The van der Waals surface area contributed by atoms with Gasteiger partial charge in [0.2, 0.25) is 0 Å². The molecule has 1 aromatic carbocycles. The molecule has 1 amide bonds. The van der Waals surface area contributed by atoms with Gasteiger partial charge in [-0.25, -0.2) is 4.79 Å². The third-order valence-corrected chi connectivity index (χ3v) is 4.55. The van der Waals surface area contributed by atoms with Crippen LogP contribution in [-0.2, 0) is 10.9 Å². The number of nitrogens with zero attached hydrogens (tertiary/aromatic N) is 3. The monoisotopic (exact) mass is 407 g/mol. The minimum Gasteiger partial charge on any atom is -0.444 e. The molecule has 29 heavy (non-hydrogen) atoms. The predicted molar refractivity (Wildman–Crippen MR) is 105 cm³/mol. The third-order valence-electron chi connectivity index (χ3n) is 4.55. The summed E-state index contributed by atoms with van der Waals surface area (Å²) >= 11 is 0. The topological polar surface area (TPSA) is 45.7 Å². The van der Waals surface area contributed by atoms with Gasteiger partial charge in [0.25, 0.3) is 0 Å². The van der Waals surface area contributed by atoms with Crippen molar-refractivity contribution in [1.29, 1.82) is 0 Å². The summed E-state index contributed by atoms with van der Waals surface area (Å²) in [6.07, 6.45) is -3.55. The van der Waals surface area contributed by atoms with Crippen molar-refractivity contribution < 1.29 is 22.7 Å². The summed E-state index contributed by atoms with van der Waals surface area (Å²) in [6, 6.07) is 9.26. The van der Waals surface area contributed by atoms with Crippen LogP contribution in [0.15, 0.2) is 42.6 Å². The van der Waals surface area contributed by atoms with Crippen LogP contribution in [0.5, 0.6) is 0 Å². The van der Waals surface area contributed by atoms with Gasteiger partial charge in [-0.15, -0.1) is 0 Å². The van der Waals surface area contributed by atoms with Crippen molar-refractivity contribution in [2.45, 2.75) is 32.5 Å². The maximum absolute atomic E-state index is 12.9. The largest absolute Gasteiger partial charge is 0.444 e. The zero-order valence-electron chi connectivity index (χ0n) is 16.7. The van der Waals surface area contributed by atoms with Gasteiger partial charge in [0.15, 0.2) is 0 Å². The Morgan fingerprint density at radius 1 is 1.00 bits per heavy atom. The molecule has 156 valence electrons. The van der Waals surface area contributed by atoms with Gasteiger partial charge in [-0.3, -0.25) is 4.98 Å². The maximum atomic E-state index is 12.9. The number of piperazine rings is 1. The average molecular weight is 407 g/mol. The Balaban J connectivity index is 1.64. The highest BCUT2D eigenvalue weighted by Crippen LogP contribution is 2.31. The van der Waals surface area contributed by atoms with Gasteiger partial charge >= 0.3 is 12.3 Å². The maximum Gasteiger partial charge on any atom is 0.416 e. The minimum absolute atomic E-state index is 0.279. The normalized spacial score (nSPS) is 15.4. The molecular weight excluding hydrogens is 383 g/mol. The molecule has 5 nitrogen and oxygen atoms in total. The molecule has 0 N–H and O–H groups in total. The minimum atomic E-state index is -4.40. The zero-order chi connectivity index (χ0) is 21.2. The Kier molecular flexibility index (Phi) is 5.73. The molecule has 1 saturated heterocycles. The Bertz CT molecular complexity index is 853. The van der Waals surface area contributed by atoms with E-state index >= 15 is 0 Å². The van der Waals surface area contributed by atoms with Crippen molar-refractivity contribution in [1.82, 2.24) is 9.88 Å². The SMILES string of the molecule is CC(C)(C)OC(=O)N1CCN(c2ccc(-c3cc(C(F)(F)F)ccn3)cc2)CC1. The molecule has 1 aliphatic heterocycles. The van der Waals surface area contributed by atoms with Gasteiger partial charge < -0.3 is 14.5 Å². The molecule has 0 saturated carbocycles. The summed E-state index contributed by atoms with van der Waals surface area (Å²) < 4.78 is 44.1. The first-order valence-electron chi connectivity index (χ1n) is 9.39. The lowest BCUT2D eigenvalue weighted by molar-refractivity contribution is -0.137. The molecule has 0 aliphatic carbocycles. The standard InChI is InChI=1S/C21H24F3N3O2/c1-20(2,3)29-19(28)27-12-10-26(11-13-27)17-6-4-15(5-7-17)18-14-16(8-9-25-18)21(22,23)24/h4-9,14H,10-13H2,1-3H3. The number of anilines is 1. The second kappa shape index (κ2) is 7.93. The van der Waals surface area contributed by atoms with Crippen LogP contribution in [0.3, 0.4) is 0 Å². The van der Waals surface area contributed by atoms with E-state index in [2.05, 4.69) is 9.88 Å². The fraction of sp³-hybridized carbons (Fsp3) is 0.429. The zero-order valence-corrected chi connectivity index (χ0v) is 16.7. The lowest BCUT2D eigenvalue weighted by Gasteiger charge is -2.36. The average Bonchev–Trinajstić information content (AvgIpc) is 2.66. The number of pyridine rings is 1. The smallest absolute Gasteiger partial charge is 0.416 e. The first-order valence-corrected chi connectivity index (χ1v) is 9.39. The number of aromatic nitrogens is 1. The molecule has 0 bridgehead atoms. The van der Waals surface area contributed by atoms with Crippen LogP contribution in [0.25, 0.3) is 11.3 Å². The van der Waals surface area contributed by atoms with E-state index < -0.39 is 17.3 Å². The summed E-state index contributed by atoms with van der Waals surface area (Å²) in [7, 11) is 0. The van der Waals surface area contributed by atoms with Crippen molar-refractivity contribution in [3.8, 4) is 11.3 Å². The van der Waals surface area contributed by atoms with E-state index in [1.54, 1.807) is 17.0 Å². The summed E-state index contributed by atoms with van der Waals surface area (Å²) in [5.74, 6) is 0. The highest BCUT2D eigenvalue weighted by Gasteiger charge is 2.31. The first-order chi connectivity index (χ1) is 13.5. The number of halogens is 3. The van der Waals surface area contributed by atoms with Gasteiger partial charge in [-0.1, -0.05) is 12.1 Å². The van der Waals surface area contributed by atoms with Gasteiger partial charge in [0, 0.05) is 43.6 Å². The molecule has 1 fully saturated rings. The summed E-state index contributed by atoms with van der Waals surface area (Å²) in [4.78, 5) is 20.0. The first kappa shape index (κ1) is 21.0. The molecule has 0 radical (unpaired) electrons. The number of alkyl halides is 3. The van der Waals surface area contributed by atoms with Crippen LogP contribution in [0, 0.1) is 0 Å². The van der Waals surface area contributed by atoms with Crippen LogP contribution in [0.2, 0.25) is 0 Å². The number of hydrogen-bond donors (Lipinski definition) is 0. The van der Waals surface area contributed by atoms with Crippen LogP contribution in [0.1, 0.15) is 26.3 Å². The van der Waals surface area contributed by atoms with E-state index in [1.807, 2.05) is 32.9 Å². The highest BCUT2D eigenvalue weighted by molar-refractivity contribution is 5.69. The van der Waals surface area contributed by atoms with Crippen molar-refractivity contribution in [2.24, 2.45) is 0 Å². The lowest BCUT2D eigenvalue weighted by Crippen LogP contribution is -2.50. The van der Waals surface area contributed by atoms with Crippen LogP contribution >= 0.6 is 0 Å². The van der Waals surface area contributed by atoms with E-state index in [0.717, 1.165) is 17.8 Å². The van der Waals surface area contributed by atoms with Gasteiger partial charge in [-0.05, 0) is 45.0 Å². The van der Waals surface area contributed by atoms with Crippen molar-refractivity contribution in [3.63, 3.8) is 0 Å². The number of carbonyl (C=O) groups excluding carboxylic acids is 1. The number of benzene rings is 1. The van der Waals surface area contributed by atoms with E-state index in [1.165, 1.54) is 6.20 Å². The Labute approximate surface area is 168 Å². The van der Waals surface area contributed by atoms with Crippen molar-refractivity contribution in [3.05, 3.63) is 48.2 Å². The van der Waals surface area contributed by atoms with Crippen LogP contribution < -0.4 is 4.90 Å². The van der Waals surface area contributed by atoms with E-state index in [0.29, 0.717) is 31.7 Å². The second-order valence-corrected chi connectivity index (χ2v) is 7.93. The third kappa shape index (κ3) is 5.40. The fourth-order valence-corrected chi connectivity index (χ4v) is 3.08. The van der Waals surface area contributed by atoms with E-state index in [9.17, 15) is 18.0 Å². The molecule has 0 spiro atoms. The van der Waals surface area contributed by atoms with Crippen LogP contribution in [-0.4, -0.2) is 47.8 Å². The molecule has 2 aromatic rings. The van der Waals surface area contributed by atoms with Crippen LogP contribution in [0.4, 0.5) is 23.7 Å². The fourth-order valence-electron chi connectivity index (χ4n) is 3.08. The Hall–Kier alpha value is -2.77. The number of amides is 1. The molecular formula is C21H24F3N3O2. The number of rotatable bonds is 2. The molecule has 1 aromatic heterocycles. The molecule has 0 atom stereocenters. The van der Waals surface area contributed by atoms with E-state index in [-0.39, 0.29) is 11.8 Å². The summed E-state index contributed by atoms with van der Waals surface area (Å²) in [6.45, 7) is 7.91. The molecule has 0 unspecified atom stereocenters. The second-order valence-electron chi connectivity index (χ2n) is 7.93. The Morgan fingerprint density at radius 2 is 1.62 bits per heavy atom. The quantitative estimate of drug-likeness (QED) is 0.716. The van der Waals surface area contributed by atoms with E-state index in [4.69, 9.17) is 4.74 Å². The highest BCUT2D eigenvalue weighted by atomic mass is 19.4. The lowest BCUT2D eigenvalue weighted by atomic mass is 10.1. The molecule has 8 heteroatoms. The summed E-state index contributed by atoms with van der Waals surface area (Å²) in [5.41, 5.74) is 0.601. The van der Waals surface area contributed by atoms with Gasteiger partial charge in [0.05, 0.1) is 11.3 Å².